The molecule has 128 valence electrons. The van der Waals surface area contributed by atoms with Crippen molar-refractivity contribution < 1.29 is 14.1 Å². The smallest absolute Gasteiger partial charge is 0.258 e. The highest BCUT2D eigenvalue weighted by atomic mass is 35.5. The van der Waals surface area contributed by atoms with E-state index in [9.17, 15) is 4.79 Å². The van der Waals surface area contributed by atoms with Crippen molar-refractivity contribution in [3.63, 3.8) is 0 Å². The Bertz CT molecular complexity index is 879. The molecule has 1 amide bonds. The maximum Gasteiger partial charge on any atom is 0.258 e. The zero-order chi connectivity index (χ0) is 17.6. The van der Waals surface area contributed by atoms with E-state index in [2.05, 4.69) is 15.5 Å². The number of rotatable bonds is 6. The number of aromatic nitrogens is 2. The van der Waals surface area contributed by atoms with E-state index >= 15 is 0 Å². The molecule has 0 saturated heterocycles. The third kappa shape index (κ3) is 4.58. The van der Waals surface area contributed by atoms with E-state index in [0.29, 0.717) is 28.1 Å². The van der Waals surface area contributed by atoms with Crippen LogP contribution in [0.15, 0.2) is 53.1 Å². The Hall–Kier alpha value is -2.86. The maximum atomic E-state index is 11.9. The number of halogens is 1. The SMILES string of the molecule is Cc1cccc(OCC(=O)NCc2nc(-c3ccccc3Cl)no2)c1. The molecule has 1 heterocycles. The molecule has 0 aliphatic carbocycles. The minimum atomic E-state index is -0.279. The van der Waals surface area contributed by atoms with Gasteiger partial charge in [-0.05, 0) is 36.8 Å². The van der Waals surface area contributed by atoms with Gasteiger partial charge in [-0.1, -0.05) is 41.0 Å². The molecule has 0 aliphatic heterocycles. The highest BCUT2D eigenvalue weighted by Gasteiger charge is 2.12. The van der Waals surface area contributed by atoms with E-state index in [4.69, 9.17) is 20.9 Å². The van der Waals surface area contributed by atoms with Gasteiger partial charge in [-0.2, -0.15) is 4.98 Å². The molecule has 0 aliphatic rings. The predicted molar refractivity (Wildman–Crippen MR) is 93.3 cm³/mol. The summed E-state index contributed by atoms with van der Waals surface area (Å²) in [5.74, 6) is 1.04. The van der Waals surface area contributed by atoms with Crippen LogP contribution in [0.2, 0.25) is 5.02 Å². The summed E-state index contributed by atoms with van der Waals surface area (Å²) in [6, 6.07) is 14.7. The molecule has 0 saturated carbocycles. The average Bonchev–Trinajstić information content (AvgIpc) is 3.07. The van der Waals surface area contributed by atoms with Gasteiger partial charge in [0.15, 0.2) is 6.61 Å². The van der Waals surface area contributed by atoms with Gasteiger partial charge in [0.1, 0.15) is 5.75 Å². The lowest BCUT2D eigenvalue weighted by atomic mass is 10.2. The Balaban J connectivity index is 1.52. The molecule has 7 heteroatoms. The Labute approximate surface area is 149 Å². The number of carbonyl (C=O) groups excluding carboxylic acids is 1. The Morgan fingerprint density at radius 3 is 2.88 bits per heavy atom. The first-order valence-electron chi connectivity index (χ1n) is 7.65. The van der Waals surface area contributed by atoms with Gasteiger partial charge >= 0.3 is 0 Å². The zero-order valence-electron chi connectivity index (χ0n) is 13.5. The topological polar surface area (TPSA) is 77.2 Å². The van der Waals surface area contributed by atoms with Crippen molar-refractivity contribution in [2.45, 2.75) is 13.5 Å². The lowest BCUT2D eigenvalue weighted by Gasteiger charge is -2.06. The number of aryl methyl sites for hydroxylation is 1. The molecule has 0 spiro atoms. The molecule has 1 aromatic heterocycles. The van der Waals surface area contributed by atoms with E-state index in [-0.39, 0.29) is 19.1 Å². The Morgan fingerprint density at radius 1 is 1.24 bits per heavy atom. The van der Waals surface area contributed by atoms with E-state index in [1.807, 2.05) is 37.3 Å². The highest BCUT2D eigenvalue weighted by molar-refractivity contribution is 6.33. The largest absolute Gasteiger partial charge is 0.484 e. The van der Waals surface area contributed by atoms with Gasteiger partial charge in [0.2, 0.25) is 11.7 Å². The minimum Gasteiger partial charge on any atom is -0.484 e. The number of ether oxygens (including phenoxy) is 1. The molecule has 0 radical (unpaired) electrons. The molecule has 0 fully saturated rings. The van der Waals surface area contributed by atoms with Crippen molar-refractivity contribution in [3.05, 3.63) is 65.0 Å². The van der Waals surface area contributed by atoms with Crippen LogP contribution in [0.25, 0.3) is 11.4 Å². The molecule has 0 atom stereocenters. The van der Waals surface area contributed by atoms with Crippen molar-refractivity contribution in [1.29, 1.82) is 0 Å². The summed E-state index contributed by atoms with van der Waals surface area (Å²) in [5, 5.41) is 7.08. The van der Waals surface area contributed by atoms with Crippen molar-refractivity contribution in [1.82, 2.24) is 15.5 Å². The maximum absolute atomic E-state index is 11.9. The van der Waals surface area contributed by atoms with Crippen LogP contribution < -0.4 is 10.1 Å². The van der Waals surface area contributed by atoms with Crippen LogP contribution in [0.4, 0.5) is 0 Å². The Kier molecular flexibility index (Phi) is 5.30. The number of nitrogens with one attached hydrogen (secondary N) is 1. The van der Waals surface area contributed by atoms with E-state index in [1.54, 1.807) is 18.2 Å². The first-order valence-corrected chi connectivity index (χ1v) is 8.03. The number of benzene rings is 2. The summed E-state index contributed by atoms with van der Waals surface area (Å²) in [4.78, 5) is 16.1. The summed E-state index contributed by atoms with van der Waals surface area (Å²) >= 11 is 6.10. The van der Waals surface area contributed by atoms with Crippen molar-refractivity contribution in [3.8, 4) is 17.1 Å². The number of carbonyl (C=O) groups is 1. The molecule has 0 unspecified atom stereocenters. The van der Waals surface area contributed by atoms with Crippen molar-refractivity contribution in [2.24, 2.45) is 0 Å². The van der Waals surface area contributed by atoms with Gasteiger partial charge in [0.05, 0.1) is 11.6 Å². The zero-order valence-corrected chi connectivity index (χ0v) is 14.3. The standard InChI is InChI=1S/C18H16ClN3O3/c1-12-5-4-6-13(9-12)24-11-16(23)20-10-17-21-18(22-25-17)14-7-2-3-8-15(14)19/h2-9H,10-11H2,1H3,(H,20,23). The minimum absolute atomic E-state index is 0.0883. The molecule has 3 aromatic rings. The molecule has 1 N–H and O–H groups in total. The normalized spacial score (nSPS) is 10.5. The first kappa shape index (κ1) is 17.0. The monoisotopic (exact) mass is 357 g/mol. The van der Waals surface area contributed by atoms with E-state index < -0.39 is 0 Å². The second-order valence-electron chi connectivity index (χ2n) is 5.37. The molecule has 0 bridgehead atoms. The van der Waals surface area contributed by atoms with E-state index in [0.717, 1.165) is 5.56 Å². The average molecular weight is 358 g/mol. The fraction of sp³-hybridized carbons (Fsp3) is 0.167. The first-order chi connectivity index (χ1) is 12.1. The summed E-state index contributed by atoms with van der Waals surface area (Å²) in [6.07, 6.45) is 0. The van der Waals surface area contributed by atoms with Gasteiger partial charge in [-0.3, -0.25) is 4.79 Å². The molecular formula is C18H16ClN3O3. The fourth-order valence-corrected chi connectivity index (χ4v) is 2.38. The van der Waals surface area contributed by atoms with Gasteiger partial charge in [0.25, 0.3) is 5.91 Å². The van der Waals surface area contributed by atoms with Crippen LogP contribution in [0.5, 0.6) is 5.75 Å². The summed E-state index contributed by atoms with van der Waals surface area (Å²) in [7, 11) is 0. The third-order valence-electron chi connectivity index (χ3n) is 3.38. The number of hydrogen-bond donors (Lipinski definition) is 1. The summed E-state index contributed by atoms with van der Waals surface area (Å²) in [5.41, 5.74) is 1.74. The second kappa shape index (κ2) is 7.81. The Morgan fingerprint density at radius 2 is 2.08 bits per heavy atom. The van der Waals surface area contributed by atoms with Crippen molar-refractivity contribution in [2.75, 3.05) is 6.61 Å². The van der Waals surface area contributed by atoms with Crippen LogP contribution in [0.3, 0.4) is 0 Å². The third-order valence-corrected chi connectivity index (χ3v) is 3.71. The summed E-state index contributed by atoms with van der Waals surface area (Å²) in [6.45, 7) is 1.99. The van der Waals surface area contributed by atoms with Gasteiger partial charge < -0.3 is 14.6 Å². The number of nitrogens with zero attached hydrogens (tertiary/aromatic N) is 2. The molecular weight excluding hydrogens is 342 g/mol. The van der Waals surface area contributed by atoms with Crippen molar-refractivity contribution >= 4 is 17.5 Å². The van der Waals surface area contributed by atoms with Gasteiger partial charge in [0, 0.05) is 5.56 Å². The van der Waals surface area contributed by atoms with Crippen LogP contribution >= 0.6 is 11.6 Å². The van der Waals surface area contributed by atoms with E-state index in [1.165, 1.54) is 0 Å². The molecule has 3 rings (SSSR count). The molecule has 6 nitrogen and oxygen atoms in total. The van der Waals surface area contributed by atoms with Gasteiger partial charge in [-0.15, -0.1) is 0 Å². The van der Waals surface area contributed by atoms with Gasteiger partial charge in [-0.25, -0.2) is 0 Å². The van der Waals surface area contributed by atoms with Crippen LogP contribution in [0.1, 0.15) is 11.5 Å². The lowest BCUT2D eigenvalue weighted by Crippen LogP contribution is -2.28. The summed E-state index contributed by atoms with van der Waals surface area (Å²) < 4.78 is 10.6. The van der Waals surface area contributed by atoms with Crippen LogP contribution in [-0.4, -0.2) is 22.7 Å². The lowest BCUT2D eigenvalue weighted by molar-refractivity contribution is -0.123. The quantitative estimate of drug-likeness (QED) is 0.731. The number of hydrogen-bond acceptors (Lipinski definition) is 5. The fourth-order valence-electron chi connectivity index (χ4n) is 2.16. The second-order valence-corrected chi connectivity index (χ2v) is 5.78. The van der Waals surface area contributed by atoms with Crippen LogP contribution in [-0.2, 0) is 11.3 Å². The molecule has 2 aromatic carbocycles. The molecule has 25 heavy (non-hydrogen) atoms. The number of amides is 1. The van der Waals surface area contributed by atoms with Crippen LogP contribution in [0, 0.1) is 6.92 Å². The highest BCUT2D eigenvalue weighted by Crippen LogP contribution is 2.24. The predicted octanol–water partition coefficient (Wildman–Crippen LogP) is 3.39.